The lowest BCUT2D eigenvalue weighted by atomic mass is 9.99. The number of anilines is 2. The number of ether oxygens (including phenoxy) is 1. The van der Waals surface area contributed by atoms with Crippen molar-refractivity contribution in [2.45, 2.75) is 42.2 Å². The molecule has 2 aromatic rings. The van der Waals surface area contributed by atoms with Crippen LogP contribution in [0.5, 0.6) is 5.75 Å². The molecule has 7 heteroatoms. The van der Waals surface area contributed by atoms with Crippen LogP contribution in [0.3, 0.4) is 0 Å². The van der Waals surface area contributed by atoms with E-state index >= 15 is 0 Å². The lowest BCUT2D eigenvalue weighted by Gasteiger charge is -2.18. The molecule has 5 nitrogen and oxygen atoms in total. The molecular formula is C16H19N3O2S2. The molecule has 122 valence electrons. The van der Waals surface area contributed by atoms with Crippen molar-refractivity contribution in [2.24, 2.45) is 0 Å². The van der Waals surface area contributed by atoms with E-state index in [1.54, 1.807) is 11.8 Å². The van der Waals surface area contributed by atoms with Crippen molar-refractivity contribution in [1.29, 1.82) is 0 Å². The number of para-hydroxylation sites is 2. The topological polar surface area (TPSA) is 64.1 Å². The van der Waals surface area contributed by atoms with Crippen molar-refractivity contribution < 1.29 is 9.53 Å². The molecule has 1 aliphatic rings. The van der Waals surface area contributed by atoms with Gasteiger partial charge in [0.05, 0.1) is 17.5 Å². The molecule has 0 bridgehead atoms. The summed E-state index contributed by atoms with van der Waals surface area (Å²) < 4.78 is 6.43. The first-order valence-electron chi connectivity index (χ1n) is 7.78. The smallest absolute Gasteiger partial charge is 0.210 e. The van der Waals surface area contributed by atoms with Crippen LogP contribution >= 0.6 is 23.1 Å². The van der Waals surface area contributed by atoms with Crippen LogP contribution in [-0.4, -0.2) is 27.8 Å². The number of aromatic nitrogens is 2. The normalized spacial score (nSPS) is 18.0. The Morgan fingerprint density at radius 1 is 1.35 bits per heavy atom. The molecule has 0 amide bonds. The first-order chi connectivity index (χ1) is 11.3. The molecule has 1 saturated carbocycles. The molecular weight excluding hydrogens is 330 g/mol. The van der Waals surface area contributed by atoms with E-state index in [2.05, 4.69) is 15.5 Å². The fraction of sp³-hybridized carbons (Fsp3) is 0.438. The van der Waals surface area contributed by atoms with Gasteiger partial charge >= 0.3 is 0 Å². The van der Waals surface area contributed by atoms with Crippen molar-refractivity contribution in [2.75, 3.05) is 11.9 Å². The van der Waals surface area contributed by atoms with Gasteiger partial charge < -0.3 is 10.1 Å². The average molecular weight is 349 g/mol. The van der Waals surface area contributed by atoms with E-state index in [4.69, 9.17) is 4.74 Å². The largest absolute Gasteiger partial charge is 0.492 e. The minimum absolute atomic E-state index is 0.0419. The van der Waals surface area contributed by atoms with Crippen LogP contribution < -0.4 is 10.1 Å². The Balaban J connectivity index is 1.66. The second-order valence-electron chi connectivity index (χ2n) is 5.25. The predicted molar refractivity (Wildman–Crippen MR) is 93.9 cm³/mol. The summed E-state index contributed by atoms with van der Waals surface area (Å²) in [4.78, 5) is 11.9. The Kier molecular flexibility index (Phi) is 5.51. The zero-order valence-electron chi connectivity index (χ0n) is 12.9. The number of nitrogens with zero attached hydrogens (tertiary/aromatic N) is 2. The average Bonchev–Trinajstić information content (AvgIpc) is 2.99. The van der Waals surface area contributed by atoms with Crippen LogP contribution in [0.4, 0.5) is 10.8 Å². The summed E-state index contributed by atoms with van der Waals surface area (Å²) in [6, 6.07) is 7.75. The number of Topliss-reactive ketones (excluding diaryl/α,β-unsaturated/α-hetero) is 1. The van der Waals surface area contributed by atoms with Crippen LogP contribution in [-0.2, 0) is 4.79 Å². The number of carbonyl (C=O) groups is 1. The van der Waals surface area contributed by atoms with Gasteiger partial charge in [0.15, 0.2) is 4.34 Å². The predicted octanol–water partition coefficient (Wildman–Crippen LogP) is 4.28. The van der Waals surface area contributed by atoms with Crippen molar-refractivity contribution in [1.82, 2.24) is 10.2 Å². The maximum atomic E-state index is 11.9. The fourth-order valence-corrected chi connectivity index (χ4v) is 4.60. The van der Waals surface area contributed by atoms with Crippen LogP contribution in [0.1, 0.15) is 32.6 Å². The Bertz CT molecular complexity index is 675. The van der Waals surface area contributed by atoms with Gasteiger partial charge in [-0.05, 0) is 31.9 Å². The molecule has 1 atom stereocenters. The number of hydrogen-bond acceptors (Lipinski definition) is 7. The monoisotopic (exact) mass is 349 g/mol. The minimum Gasteiger partial charge on any atom is -0.492 e. The molecule has 23 heavy (non-hydrogen) atoms. The summed E-state index contributed by atoms with van der Waals surface area (Å²) in [6.07, 6.45) is 3.78. The van der Waals surface area contributed by atoms with Crippen LogP contribution in [0.2, 0.25) is 0 Å². The van der Waals surface area contributed by atoms with E-state index in [1.807, 2.05) is 31.2 Å². The third-order valence-electron chi connectivity index (χ3n) is 3.58. The van der Waals surface area contributed by atoms with Crippen LogP contribution in [0.15, 0.2) is 28.6 Å². The molecule has 1 fully saturated rings. The van der Waals surface area contributed by atoms with Gasteiger partial charge in [-0.1, -0.05) is 41.7 Å². The van der Waals surface area contributed by atoms with Gasteiger partial charge in [-0.2, -0.15) is 0 Å². The van der Waals surface area contributed by atoms with E-state index < -0.39 is 0 Å². The molecule has 1 aromatic carbocycles. The highest BCUT2D eigenvalue weighted by Gasteiger charge is 2.24. The summed E-state index contributed by atoms with van der Waals surface area (Å²) in [5.41, 5.74) is 0.871. The highest BCUT2D eigenvalue weighted by molar-refractivity contribution is 8.02. The summed E-state index contributed by atoms with van der Waals surface area (Å²) in [5.74, 6) is 1.13. The van der Waals surface area contributed by atoms with Crippen molar-refractivity contribution in [3.05, 3.63) is 24.3 Å². The number of nitrogens with one attached hydrogen (secondary N) is 1. The van der Waals surface area contributed by atoms with E-state index in [1.165, 1.54) is 11.3 Å². The maximum absolute atomic E-state index is 11.9. The molecule has 0 spiro atoms. The molecule has 0 aliphatic heterocycles. The van der Waals surface area contributed by atoms with E-state index in [0.717, 1.165) is 35.0 Å². The number of benzene rings is 1. The quantitative estimate of drug-likeness (QED) is 0.839. The highest BCUT2D eigenvalue weighted by Crippen LogP contribution is 2.36. The van der Waals surface area contributed by atoms with Gasteiger partial charge in [-0.15, -0.1) is 10.2 Å². The second kappa shape index (κ2) is 7.79. The van der Waals surface area contributed by atoms with Gasteiger partial charge in [-0.3, -0.25) is 4.79 Å². The van der Waals surface area contributed by atoms with Gasteiger partial charge in [0, 0.05) is 6.42 Å². The summed E-state index contributed by atoms with van der Waals surface area (Å²) >= 11 is 3.01. The molecule has 0 unspecified atom stereocenters. The number of ketones is 1. The Labute approximate surface area is 143 Å². The molecule has 3 rings (SSSR count). The van der Waals surface area contributed by atoms with Gasteiger partial charge in [0.1, 0.15) is 11.5 Å². The summed E-state index contributed by atoms with van der Waals surface area (Å²) in [6.45, 7) is 2.57. The standard InChI is InChI=1S/C16H19N3O2S2/c1-2-21-13-9-5-3-7-11(13)17-15-18-19-16(23-15)22-14-10-6-4-8-12(14)20/h3,5,7,9,14H,2,4,6,8,10H2,1H3,(H,17,18)/t14-/m1/s1. The maximum Gasteiger partial charge on any atom is 0.210 e. The van der Waals surface area contributed by atoms with E-state index in [9.17, 15) is 4.79 Å². The van der Waals surface area contributed by atoms with Gasteiger partial charge in [0.2, 0.25) is 5.13 Å². The Morgan fingerprint density at radius 3 is 3.04 bits per heavy atom. The van der Waals surface area contributed by atoms with Gasteiger partial charge in [-0.25, -0.2) is 0 Å². The highest BCUT2D eigenvalue weighted by atomic mass is 32.2. The fourth-order valence-electron chi connectivity index (χ4n) is 2.47. The number of thioether (sulfide) groups is 1. The van der Waals surface area contributed by atoms with Crippen molar-refractivity contribution >= 4 is 39.7 Å². The zero-order valence-corrected chi connectivity index (χ0v) is 14.6. The second-order valence-corrected chi connectivity index (χ2v) is 7.67. The number of hydrogen-bond donors (Lipinski definition) is 1. The van der Waals surface area contributed by atoms with E-state index in [0.29, 0.717) is 23.9 Å². The molecule has 1 N–H and O–H groups in total. The third kappa shape index (κ3) is 4.23. The Hall–Kier alpha value is -1.60. The van der Waals surface area contributed by atoms with Crippen molar-refractivity contribution in [3.8, 4) is 5.75 Å². The summed E-state index contributed by atoms with van der Waals surface area (Å²) in [7, 11) is 0. The number of carbonyl (C=O) groups excluding carboxylic acids is 1. The first-order valence-corrected chi connectivity index (χ1v) is 9.47. The van der Waals surface area contributed by atoms with E-state index in [-0.39, 0.29) is 5.25 Å². The lowest BCUT2D eigenvalue weighted by Crippen LogP contribution is -2.21. The minimum atomic E-state index is 0.0419. The Morgan fingerprint density at radius 2 is 2.22 bits per heavy atom. The molecule has 1 aromatic heterocycles. The zero-order chi connectivity index (χ0) is 16.1. The third-order valence-corrected chi connectivity index (χ3v) is 5.82. The summed E-state index contributed by atoms with van der Waals surface area (Å²) in [5, 5.41) is 12.4. The van der Waals surface area contributed by atoms with Crippen LogP contribution in [0.25, 0.3) is 0 Å². The SMILES string of the molecule is CCOc1ccccc1Nc1nnc(S[C@@H]2CCCCC2=O)s1. The first kappa shape index (κ1) is 16.3. The molecule has 1 aliphatic carbocycles. The van der Waals surface area contributed by atoms with Crippen LogP contribution in [0, 0.1) is 0 Å². The molecule has 0 radical (unpaired) electrons. The lowest BCUT2D eigenvalue weighted by molar-refractivity contribution is -0.119. The molecule has 0 saturated heterocycles. The van der Waals surface area contributed by atoms with Gasteiger partial charge in [0.25, 0.3) is 0 Å². The van der Waals surface area contributed by atoms with Crippen molar-refractivity contribution in [3.63, 3.8) is 0 Å². The number of rotatable bonds is 6. The molecule has 1 heterocycles.